The number of aromatic nitrogens is 2. The van der Waals surface area contributed by atoms with Crippen molar-refractivity contribution in [1.29, 1.82) is 0 Å². The van der Waals surface area contributed by atoms with E-state index in [1.807, 2.05) is 0 Å². The Hall–Kier alpha value is -0.870. The lowest BCUT2D eigenvalue weighted by Gasteiger charge is -2.24. The minimum Gasteiger partial charge on any atom is -0.381 e. The molecule has 0 radical (unpaired) electrons. The zero-order valence-corrected chi connectivity index (χ0v) is 10.3. The van der Waals surface area contributed by atoms with Crippen LogP contribution in [0.1, 0.15) is 48.6 Å². The number of fused-ring (bicyclic) bond motifs is 1. The molecule has 4 heteroatoms. The molecule has 1 aromatic heterocycles. The third-order valence-electron chi connectivity index (χ3n) is 4.03. The molecule has 0 bridgehead atoms. The van der Waals surface area contributed by atoms with Gasteiger partial charge in [0.15, 0.2) is 0 Å². The van der Waals surface area contributed by atoms with Gasteiger partial charge in [0.25, 0.3) is 0 Å². The van der Waals surface area contributed by atoms with E-state index >= 15 is 0 Å². The first-order valence-electron chi connectivity index (χ1n) is 6.76. The minimum absolute atomic E-state index is 0.576. The van der Waals surface area contributed by atoms with Crippen LogP contribution in [0.25, 0.3) is 0 Å². The summed E-state index contributed by atoms with van der Waals surface area (Å²) in [5.41, 5.74) is 9.93. The van der Waals surface area contributed by atoms with Crippen molar-refractivity contribution in [2.24, 2.45) is 5.73 Å². The van der Waals surface area contributed by atoms with E-state index in [0.29, 0.717) is 12.5 Å². The molecule has 0 unspecified atom stereocenters. The van der Waals surface area contributed by atoms with Crippen molar-refractivity contribution in [3.05, 3.63) is 17.0 Å². The van der Waals surface area contributed by atoms with Crippen molar-refractivity contribution < 1.29 is 4.74 Å². The molecule has 1 fully saturated rings. The molecule has 17 heavy (non-hydrogen) atoms. The topological polar surface area (TPSA) is 53.1 Å². The number of hydrogen-bond acceptors (Lipinski definition) is 3. The molecular formula is C13H21N3O. The SMILES string of the molecule is NCc1nn2c(c1C1CCOCC1)CCCC2. The predicted molar refractivity (Wildman–Crippen MR) is 65.9 cm³/mol. The Morgan fingerprint density at radius 2 is 2.12 bits per heavy atom. The van der Waals surface area contributed by atoms with Gasteiger partial charge in [0.05, 0.1) is 5.69 Å². The normalized spacial score (nSPS) is 21.5. The second-order valence-corrected chi connectivity index (χ2v) is 5.08. The number of rotatable bonds is 2. The third-order valence-corrected chi connectivity index (χ3v) is 4.03. The van der Waals surface area contributed by atoms with Gasteiger partial charge in [0.2, 0.25) is 0 Å². The van der Waals surface area contributed by atoms with Crippen molar-refractivity contribution in [1.82, 2.24) is 9.78 Å². The largest absolute Gasteiger partial charge is 0.381 e. The standard InChI is InChI=1S/C13H21N3O/c14-9-11-13(10-4-7-17-8-5-10)12-3-1-2-6-16(12)15-11/h10H,1-9,14H2. The lowest BCUT2D eigenvalue weighted by atomic mass is 9.88. The Bertz CT molecular complexity index is 394. The summed E-state index contributed by atoms with van der Waals surface area (Å²) in [7, 11) is 0. The van der Waals surface area contributed by atoms with Gasteiger partial charge in [-0.2, -0.15) is 5.10 Å². The van der Waals surface area contributed by atoms with Crippen LogP contribution in [0.5, 0.6) is 0 Å². The zero-order valence-electron chi connectivity index (χ0n) is 10.3. The van der Waals surface area contributed by atoms with Crippen LogP contribution in [0.15, 0.2) is 0 Å². The zero-order chi connectivity index (χ0) is 11.7. The summed E-state index contributed by atoms with van der Waals surface area (Å²) in [6, 6.07) is 0. The van der Waals surface area contributed by atoms with Crippen LogP contribution in [0.2, 0.25) is 0 Å². The summed E-state index contributed by atoms with van der Waals surface area (Å²) in [5.74, 6) is 0.629. The van der Waals surface area contributed by atoms with E-state index in [0.717, 1.165) is 38.3 Å². The first-order valence-corrected chi connectivity index (χ1v) is 6.76. The van der Waals surface area contributed by atoms with Crippen molar-refractivity contribution >= 4 is 0 Å². The van der Waals surface area contributed by atoms with Gasteiger partial charge in [0, 0.05) is 37.6 Å². The fourth-order valence-electron chi connectivity index (χ4n) is 3.18. The number of nitrogens with zero attached hydrogens (tertiary/aromatic N) is 2. The number of nitrogens with two attached hydrogens (primary N) is 1. The lowest BCUT2D eigenvalue weighted by molar-refractivity contribution is 0.0849. The molecule has 0 atom stereocenters. The van der Waals surface area contributed by atoms with Crippen LogP contribution in [0.3, 0.4) is 0 Å². The highest BCUT2D eigenvalue weighted by Gasteiger charge is 2.27. The molecule has 2 N–H and O–H groups in total. The van der Waals surface area contributed by atoms with Crippen molar-refractivity contribution in [2.45, 2.75) is 51.1 Å². The first kappa shape index (κ1) is 11.2. The first-order chi connectivity index (χ1) is 8.40. The summed E-state index contributed by atoms with van der Waals surface area (Å²) in [6.45, 7) is 3.43. The van der Waals surface area contributed by atoms with E-state index in [-0.39, 0.29) is 0 Å². The summed E-state index contributed by atoms with van der Waals surface area (Å²) in [5, 5.41) is 4.70. The van der Waals surface area contributed by atoms with E-state index in [1.54, 1.807) is 0 Å². The third kappa shape index (κ3) is 2.00. The van der Waals surface area contributed by atoms with Crippen molar-refractivity contribution in [2.75, 3.05) is 13.2 Å². The Balaban J connectivity index is 1.97. The predicted octanol–water partition coefficient (Wildman–Crippen LogP) is 1.57. The van der Waals surface area contributed by atoms with E-state index in [2.05, 4.69) is 4.68 Å². The molecule has 2 aliphatic heterocycles. The van der Waals surface area contributed by atoms with E-state index < -0.39 is 0 Å². The summed E-state index contributed by atoms with van der Waals surface area (Å²) < 4.78 is 7.66. The monoisotopic (exact) mass is 235 g/mol. The van der Waals surface area contributed by atoms with Gasteiger partial charge in [-0.25, -0.2) is 0 Å². The van der Waals surface area contributed by atoms with Gasteiger partial charge in [-0.1, -0.05) is 0 Å². The summed E-state index contributed by atoms with van der Waals surface area (Å²) in [6.07, 6.45) is 5.99. The molecule has 0 spiro atoms. The number of hydrogen-bond donors (Lipinski definition) is 1. The smallest absolute Gasteiger partial charge is 0.0797 e. The van der Waals surface area contributed by atoms with Gasteiger partial charge in [0.1, 0.15) is 0 Å². The van der Waals surface area contributed by atoms with Crippen LogP contribution < -0.4 is 5.73 Å². The van der Waals surface area contributed by atoms with Crippen LogP contribution >= 0.6 is 0 Å². The molecule has 0 aliphatic carbocycles. The maximum atomic E-state index is 5.86. The van der Waals surface area contributed by atoms with Crippen molar-refractivity contribution in [3.8, 4) is 0 Å². The molecule has 2 aliphatic rings. The molecule has 0 aromatic carbocycles. The maximum Gasteiger partial charge on any atom is 0.0797 e. The number of aryl methyl sites for hydroxylation is 1. The van der Waals surface area contributed by atoms with Crippen molar-refractivity contribution in [3.63, 3.8) is 0 Å². The van der Waals surface area contributed by atoms with Crippen LogP contribution in [0, 0.1) is 0 Å². The maximum absolute atomic E-state index is 5.86. The Morgan fingerprint density at radius 1 is 1.29 bits per heavy atom. The second-order valence-electron chi connectivity index (χ2n) is 5.08. The average Bonchev–Trinajstić information content (AvgIpc) is 2.78. The fraction of sp³-hybridized carbons (Fsp3) is 0.769. The highest BCUT2D eigenvalue weighted by Crippen LogP contribution is 2.34. The summed E-state index contributed by atoms with van der Waals surface area (Å²) >= 11 is 0. The van der Waals surface area contributed by atoms with E-state index in [9.17, 15) is 0 Å². The van der Waals surface area contributed by atoms with E-state index in [4.69, 9.17) is 15.6 Å². The lowest BCUT2D eigenvalue weighted by Crippen LogP contribution is -2.18. The Morgan fingerprint density at radius 3 is 2.88 bits per heavy atom. The molecule has 3 heterocycles. The highest BCUT2D eigenvalue weighted by molar-refractivity contribution is 5.31. The Labute approximate surface area is 102 Å². The van der Waals surface area contributed by atoms with Gasteiger partial charge in [-0.15, -0.1) is 0 Å². The Kier molecular flexibility index (Phi) is 3.16. The highest BCUT2D eigenvalue weighted by atomic mass is 16.5. The molecule has 4 nitrogen and oxygen atoms in total. The van der Waals surface area contributed by atoms with Crippen LogP contribution in [-0.2, 0) is 24.2 Å². The fourth-order valence-corrected chi connectivity index (χ4v) is 3.18. The molecule has 0 saturated carbocycles. The minimum atomic E-state index is 0.576. The summed E-state index contributed by atoms with van der Waals surface area (Å²) in [4.78, 5) is 0. The van der Waals surface area contributed by atoms with Gasteiger partial charge in [-0.05, 0) is 38.0 Å². The second kappa shape index (κ2) is 4.78. The molecule has 1 saturated heterocycles. The number of ether oxygens (including phenoxy) is 1. The molecule has 1 aromatic rings. The van der Waals surface area contributed by atoms with E-state index in [1.165, 1.54) is 30.5 Å². The molecule has 94 valence electrons. The molecule has 3 rings (SSSR count). The molecule has 0 amide bonds. The van der Waals surface area contributed by atoms with Gasteiger partial charge in [-0.3, -0.25) is 4.68 Å². The van der Waals surface area contributed by atoms with Gasteiger partial charge < -0.3 is 10.5 Å². The average molecular weight is 235 g/mol. The molecular weight excluding hydrogens is 214 g/mol. The van der Waals surface area contributed by atoms with Crippen LogP contribution in [0.4, 0.5) is 0 Å². The quantitative estimate of drug-likeness (QED) is 0.846. The van der Waals surface area contributed by atoms with Crippen LogP contribution in [-0.4, -0.2) is 23.0 Å². The van der Waals surface area contributed by atoms with Gasteiger partial charge >= 0.3 is 0 Å².